The number of carbonyl (C=O) groups is 2. The number of rotatable bonds is 2. The molecule has 40 valence electrons. The summed E-state index contributed by atoms with van der Waals surface area (Å²) in [6.45, 7) is 1.33. The van der Waals surface area contributed by atoms with Crippen molar-refractivity contribution in [2.75, 3.05) is 0 Å². The molecule has 0 aliphatic carbocycles. The zero-order valence-corrected chi connectivity index (χ0v) is 3.92. The van der Waals surface area contributed by atoms with E-state index in [0.717, 1.165) is 0 Å². The van der Waals surface area contributed by atoms with E-state index in [9.17, 15) is 9.59 Å². The lowest BCUT2D eigenvalue weighted by atomic mass is 10.2. The van der Waals surface area contributed by atoms with Gasteiger partial charge in [-0.3, -0.25) is 4.79 Å². The van der Waals surface area contributed by atoms with Crippen molar-refractivity contribution in [3.05, 3.63) is 0 Å². The van der Waals surface area contributed by atoms with Crippen LogP contribution in [0.3, 0.4) is 0 Å². The van der Waals surface area contributed by atoms with Crippen LogP contribution in [0.5, 0.6) is 0 Å². The highest BCUT2D eigenvalue weighted by molar-refractivity contribution is 5.85. The monoisotopic (exact) mass is 102 g/mol. The summed E-state index contributed by atoms with van der Waals surface area (Å²) in [5, 5.41) is 7.95. The molecule has 0 aliphatic rings. The third kappa shape index (κ3) is 1.92. The van der Waals surface area contributed by atoms with Gasteiger partial charge < -0.3 is 9.90 Å². The first-order chi connectivity index (χ1) is 3.18. The number of hydrogen-bond donors (Lipinski definition) is 1. The van der Waals surface area contributed by atoms with Gasteiger partial charge in [-0.2, -0.15) is 0 Å². The van der Waals surface area contributed by atoms with E-state index < -0.39 is 11.9 Å². The van der Waals surface area contributed by atoms with E-state index in [-0.39, 0.29) is 0 Å². The molecule has 0 aromatic carbocycles. The smallest absolute Gasteiger partial charge is 0.313 e. The van der Waals surface area contributed by atoms with Gasteiger partial charge in [0.15, 0.2) is 0 Å². The van der Waals surface area contributed by atoms with E-state index in [4.69, 9.17) is 5.11 Å². The second kappa shape index (κ2) is 2.34. The number of aldehydes is 1. The Morgan fingerprint density at radius 3 is 2.29 bits per heavy atom. The van der Waals surface area contributed by atoms with E-state index >= 15 is 0 Å². The lowest BCUT2D eigenvalue weighted by Crippen LogP contribution is -2.09. The van der Waals surface area contributed by atoms with Crippen molar-refractivity contribution < 1.29 is 14.7 Å². The lowest BCUT2D eigenvalue weighted by molar-refractivity contribution is -0.142. The van der Waals surface area contributed by atoms with Crippen molar-refractivity contribution in [2.45, 2.75) is 6.92 Å². The SMILES string of the molecule is C[C@H](C=O)C(=O)O. The predicted molar refractivity (Wildman–Crippen MR) is 22.9 cm³/mol. The largest absolute Gasteiger partial charge is 0.481 e. The van der Waals surface area contributed by atoms with Crippen LogP contribution in [0.4, 0.5) is 0 Å². The first kappa shape index (κ1) is 6.14. The molecule has 3 heteroatoms. The Morgan fingerprint density at radius 2 is 2.29 bits per heavy atom. The van der Waals surface area contributed by atoms with Crippen molar-refractivity contribution in [3.8, 4) is 0 Å². The van der Waals surface area contributed by atoms with E-state index in [1.165, 1.54) is 6.92 Å². The fourth-order valence-electron chi connectivity index (χ4n) is 0.0582. The molecule has 0 fully saturated rings. The molecule has 0 saturated carbocycles. The fraction of sp³-hybridized carbons (Fsp3) is 0.500. The van der Waals surface area contributed by atoms with Gasteiger partial charge in [-0.15, -0.1) is 0 Å². The number of carbonyl (C=O) groups excluding carboxylic acids is 1. The maximum atomic E-state index is 9.70. The topological polar surface area (TPSA) is 54.4 Å². The predicted octanol–water partition coefficient (Wildman–Crippen LogP) is -0.0940. The highest BCUT2D eigenvalue weighted by atomic mass is 16.4. The minimum Gasteiger partial charge on any atom is -0.481 e. The quantitative estimate of drug-likeness (QED) is 0.391. The average Bonchev–Trinajstić information content (AvgIpc) is 1.65. The zero-order valence-electron chi connectivity index (χ0n) is 3.92. The minimum atomic E-state index is -1.07. The Kier molecular flexibility index (Phi) is 2.05. The van der Waals surface area contributed by atoms with Crippen LogP contribution in [0.1, 0.15) is 6.92 Å². The van der Waals surface area contributed by atoms with Crippen LogP contribution in [0.25, 0.3) is 0 Å². The molecular formula is C4H6O3. The highest BCUT2D eigenvalue weighted by Gasteiger charge is 2.06. The van der Waals surface area contributed by atoms with Gasteiger partial charge >= 0.3 is 5.97 Å². The Bertz CT molecular complexity index is 86.9. The first-order valence-corrected chi connectivity index (χ1v) is 1.86. The van der Waals surface area contributed by atoms with E-state index in [0.29, 0.717) is 6.29 Å². The van der Waals surface area contributed by atoms with Gasteiger partial charge in [0.1, 0.15) is 12.2 Å². The van der Waals surface area contributed by atoms with Gasteiger partial charge in [-0.25, -0.2) is 0 Å². The van der Waals surface area contributed by atoms with E-state index in [2.05, 4.69) is 0 Å². The molecule has 3 nitrogen and oxygen atoms in total. The van der Waals surface area contributed by atoms with Crippen LogP contribution in [0.2, 0.25) is 0 Å². The minimum absolute atomic E-state index is 0.391. The summed E-state index contributed by atoms with van der Waals surface area (Å²) in [6.07, 6.45) is 0.391. The third-order valence-electron chi connectivity index (χ3n) is 0.594. The van der Waals surface area contributed by atoms with Crippen LogP contribution >= 0.6 is 0 Å². The van der Waals surface area contributed by atoms with Gasteiger partial charge in [-0.05, 0) is 6.92 Å². The molecule has 0 saturated heterocycles. The normalized spacial score (nSPS) is 12.7. The molecule has 0 amide bonds. The number of hydrogen-bond acceptors (Lipinski definition) is 2. The number of carboxylic acids is 1. The summed E-state index contributed by atoms with van der Waals surface area (Å²) in [6, 6.07) is 0. The molecule has 1 atom stereocenters. The summed E-state index contributed by atoms with van der Waals surface area (Å²) in [5.41, 5.74) is 0. The van der Waals surface area contributed by atoms with Crippen LogP contribution < -0.4 is 0 Å². The third-order valence-corrected chi connectivity index (χ3v) is 0.594. The van der Waals surface area contributed by atoms with Gasteiger partial charge in [-0.1, -0.05) is 0 Å². The Morgan fingerprint density at radius 1 is 1.86 bits per heavy atom. The Balaban J connectivity index is 3.55. The van der Waals surface area contributed by atoms with Crippen molar-refractivity contribution in [3.63, 3.8) is 0 Å². The summed E-state index contributed by atoms with van der Waals surface area (Å²) in [7, 11) is 0. The molecule has 0 aromatic rings. The molecule has 0 unspecified atom stereocenters. The van der Waals surface area contributed by atoms with Crippen molar-refractivity contribution in [1.82, 2.24) is 0 Å². The second-order valence-corrected chi connectivity index (χ2v) is 1.26. The Hall–Kier alpha value is -0.860. The lowest BCUT2D eigenvalue weighted by Gasteiger charge is -1.88. The van der Waals surface area contributed by atoms with Crippen molar-refractivity contribution in [2.24, 2.45) is 5.92 Å². The molecule has 0 aliphatic heterocycles. The van der Waals surface area contributed by atoms with Gasteiger partial charge in [0, 0.05) is 0 Å². The molecule has 0 bridgehead atoms. The summed E-state index contributed by atoms with van der Waals surface area (Å²) in [5.74, 6) is -1.94. The summed E-state index contributed by atoms with van der Waals surface area (Å²) >= 11 is 0. The van der Waals surface area contributed by atoms with Crippen LogP contribution in [-0.4, -0.2) is 17.4 Å². The van der Waals surface area contributed by atoms with Crippen LogP contribution in [0.15, 0.2) is 0 Å². The van der Waals surface area contributed by atoms with Crippen LogP contribution in [0, 0.1) is 5.92 Å². The average molecular weight is 102 g/mol. The maximum Gasteiger partial charge on any atom is 0.313 e. The fourth-order valence-corrected chi connectivity index (χ4v) is 0.0582. The standard InChI is InChI=1S/C4H6O3/c1-3(2-5)4(6)7/h2-3H,1H3,(H,6,7)/t3-/m1/s1. The number of carboxylic acid groups (broad SMARTS) is 1. The molecule has 0 rings (SSSR count). The second-order valence-electron chi connectivity index (χ2n) is 1.26. The van der Waals surface area contributed by atoms with E-state index in [1.807, 2.05) is 0 Å². The maximum absolute atomic E-state index is 9.70. The van der Waals surface area contributed by atoms with Gasteiger partial charge in [0.25, 0.3) is 0 Å². The molecular weight excluding hydrogens is 96.0 g/mol. The van der Waals surface area contributed by atoms with Crippen LogP contribution in [-0.2, 0) is 9.59 Å². The van der Waals surface area contributed by atoms with Gasteiger partial charge in [0.2, 0.25) is 0 Å². The molecule has 0 aromatic heterocycles. The summed E-state index contributed by atoms with van der Waals surface area (Å²) < 4.78 is 0. The molecule has 7 heavy (non-hydrogen) atoms. The van der Waals surface area contributed by atoms with Gasteiger partial charge in [0.05, 0.1) is 0 Å². The first-order valence-electron chi connectivity index (χ1n) is 1.86. The highest BCUT2D eigenvalue weighted by Crippen LogP contribution is 1.84. The Labute approximate surface area is 41.0 Å². The molecule has 0 spiro atoms. The number of aliphatic carboxylic acids is 1. The van der Waals surface area contributed by atoms with E-state index in [1.54, 1.807) is 0 Å². The summed E-state index contributed by atoms with van der Waals surface area (Å²) in [4.78, 5) is 19.3. The molecule has 0 heterocycles. The van der Waals surface area contributed by atoms with Crippen molar-refractivity contribution >= 4 is 12.3 Å². The zero-order chi connectivity index (χ0) is 5.86. The molecule has 1 N–H and O–H groups in total. The molecule has 0 radical (unpaired) electrons. The van der Waals surface area contributed by atoms with Crippen molar-refractivity contribution in [1.29, 1.82) is 0 Å².